The first-order valence-corrected chi connectivity index (χ1v) is 16.3. The van der Waals surface area contributed by atoms with Gasteiger partial charge in [0.15, 0.2) is 0 Å². The second kappa shape index (κ2) is 21.2. The van der Waals surface area contributed by atoms with Gasteiger partial charge in [-0.15, -0.1) is 0 Å². The minimum atomic E-state index is 1.08. The average Bonchev–Trinajstić information content (AvgIpc) is 2.95. The molecule has 0 N–H and O–H groups in total. The standard InChI is InChI=1S/C36H60N2/c1-5-9-13-15-17-29-37(27-11-7-3)31-33-19-23-35(24-20-33)36-25-21-34(22-26-36)32-38(28-12-8-4)30-18-16-14-10-6-2/h19-26H,5-18,27-32H2,1-4H3. The highest BCUT2D eigenvalue weighted by Gasteiger charge is 2.08. The van der Waals surface area contributed by atoms with Crippen molar-refractivity contribution in [1.29, 1.82) is 0 Å². The summed E-state index contributed by atoms with van der Waals surface area (Å²) < 4.78 is 0. The first-order valence-electron chi connectivity index (χ1n) is 16.3. The lowest BCUT2D eigenvalue weighted by atomic mass is 10.0. The molecule has 38 heavy (non-hydrogen) atoms. The van der Waals surface area contributed by atoms with E-state index in [0.717, 1.165) is 13.1 Å². The first kappa shape index (κ1) is 32.6. The minimum absolute atomic E-state index is 1.08. The molecule has 2 aromatic carbocycles. The maximum absolute atomic E-state index is 2.67. The molecule has 214 valence electrons. The van der Waals surface area contributed by atoms with Gasteiger partial charge in [0.05, 0.1) is 0 Å². The molecule has 0 aliphatic rings. The largest absolute Gasteiger partial charge is 0.299 e. The molecule has 0 unspecified atom stereocenters. The molecule has 2 aromatic rings. The van der Waals surface area contributed by atoms with E-state index >= 15 is 0 Å². The number of hydrogen-bond acceptors (Lipinski definition) is 2. The highest BCUT2D eigenvalue weighted by Crippen LogP contribution is 2.22. The van der Waals surface area contributed by atoms with E-state index in [1.165, 1.54) is 138 Å². The molecule has 2 nitrogen and oxygen atoms in total. The molecule has 0 aliphatic heterocycles. The van der Waals surface area contributed by atoms with Crippen LogP contribution in [0, 0.1) is 0 Å². The Morgan fingerprint density at radius 3 is 1.03 bits per heavy atom. The molecule has 0 aliphatic carbocycles. The van der Waals surface area contributed by atoms with Crippen molar-refractivity contribution in [2.45, 2.75) is 131 Å². The van der Waals surface area contributed by atoms with E-state index in [-0.39, 0.29) is 0 Å². The molecular formula is C36H60N2. The third-order valence-corrected chi connectivity index (χ3v) is 7.87. The zero-order valence-electron chi connectivity index (χ0n) is 25.7. The molecule has 2 heteroatoms. The summed E-state index contributed by atoms with van der Waals surface area (Å²) in [6.45, 7) is 16.3. The van der Waals surface area contributed by atoms with Crippen molar-refractivity contribution in [2.24, 2.45) is 0 Å². The van der Waals surface area contributed by atoms with Crippen molar-refractivity contribution in [2.75, 3.05) is 26.2 Å². The molecule has 0 heterocycles. The van der Waals surface area contributed by atoms with Gasteiger partial charge in [-0.1, -0.05) is 140 Å². The number of benzene rings is 2. The van der Waals surface area contributed by atoms with Crippen LogP contribution in [-0.4, -0.2) is 36.0 Å². The van der Waals surface area contributed by atoms with Gasteiger partial charge in [-0.25, -0.2) is 0 Å². The van der Waals surface area contributed by atoms with Crippen LogP contribution in [0.1, 0.15) is 129 Å². The lowest BCUT2D eigenvalue weighted by molar-refractivity contribution is 0.254. The zero-order chi connectivity index (χ0) is 27.3. The third-order valence-electron chi connectivity index (χ3n) is 7.87. The van der Waals surface area contributed by atoms with E-state index in [0.29, 0.717) is 0 Å². The van der Waals surface area contributed by atoms with Crippen molar-refractivity contribution in [1.82, 2.24) is 9.80 Å². The van der Waals surface area contributed by atoms with Crippen LogP contribution in [0.4, 0.5) is 0 Å². The Labute approximate surface area is 237 Å². The van der Waals surface area contributed by atoms with E-state index in [2.05, 4.69) is 86.0 Å². The quantitative estimate of drug-likeness (QED) is 0.134. The van der Waals surface area contributed by atoms with Gasteiger partial charge in [0.25, 0.3) is 0 Å². The minimum Gasteiger partial charge on any atom is -0.299 e. The van der Waals surface area contributed by atoms with Crippen LogP contribution >= 0.6 is 0 Å². The van der Waals surface area contributed by atoms with Crippen molar-refractivity contribution in [3.05, 3.63) is 59.7 Å². The summed E-state index contributed by atoms with van der Waals surface area (Å²) in [4.78, 5) is 5.35. The van der Waals surface area contributed by atoms with Gasteiger partial charge < -0.3 is 0 Å². The van der Waals surface area contributed by atoms with Gasteiger partial charge in [-0.05, 0) is 74.1 Å². The molecule has 0 saturated carbocycles. The fourth-order valence-corrected chi connectivity index (χ4v) is 5.30. The number of rotatable bonds is 23. The summed E-state index contributed by atoms with van der Waals surface area (Å²) in [5.41, 5.74) is 5.55. The van der Waals surface area contributed by atoms with Crippen LogP contribution in [-0.2, 0) is 13.1 Å². The summed E-state index contributed by atoms with van der Waals surface area (Å²) in [6.07, 6.45) is 18.8. The highest BCUT2D eigenvalue weighted by molar-refractivity contribution is 5.63. The van der Waals surface area contributed by atoms with Crippen molar-refractivity contribution in [3.63, 3.8) is 0 Å². The number of hydrogen-bond donors (Lipinski definition) is 0. The fourth-order valence-electron chi connectivity index (χ4n) is 5.30. The molecule has 0 bridgehead atoms. The van der Waals surface area contributed by atoms with Crippen molar-refractivity contribution < 1.29 is 0 Å². The summed E-state index contributed by atoms with van der Waals surface area (Å²) in [6, 6.07) is 18.7. The second-order valence-corrected chi connectivity index (χ2v) is 11.5. The van der Waals surface area contributed by atoms with Crippen LogP contribution in [0.15, 0.2) is 48.5 Å². The van der Waals surface area contributed by atoms with Crippen molar-refractivity contribution >= 4 is 0 Å². The smallest absolute Gasteiger partial charge is 0.0233 e. The first-order chi connectivity index (χ1) is 18.7. The Hall–Kier alpha value is -1.64. The number of nitrogens with zero attached hydrogens (tertiary/aromatic N) is 2. The fraction of sp³-hybridized carbons (Fsp3) is 0.667. The lowest BCUT2D eigenvalue weighted by Crippen LogP contribution is -2.25. The monoisotopic (exact) mass is 520 g/mol. The summed E-state index contributed by atoms with van der Waals surface area (Å²) in [7, 11) is 0. The average molecular weight is 521 g/mol. The normalized spacial score (nSPS) is 11.6. The predicted molar refractivity (Wildman–Crippen MR) is 170 cm³/mol. The van der Waals surface area contributed by atoms with Crippen LogP contribution in [0.25, 0.3) is 11.1 Å². The van der Waals surface area contributed by atoms with Crippen LogP contribution in [0.3, 0.4) is 0 Å². The Balaban J connectivity index is 1.90. The van der Waals surface area contributed by atoms with E-state index in [4.69, 9.17) is 0 Å². The van der Waals surface area contributed by atoms with Gasteiger partial charge in [0.1, 0.15) is 0 Å². The van der Waals surface area contributed by atoms with Gasteiger partial charge in [-0.2, -0.15) is 0 Å². The van der Waals surface area contributed by atoms with Gasteiger partial charge in [-0.3, -0.25) is 9.80 Å². The van der Waals surface area contributed by atoms with Crippen LogP contribution < -0.4 is 0 Å². The molecular weight excluding hydrogens is 460 g/mol. The lowest BCUT2D eigenvalue weighted by Gasteiger charge is -2.23. The van der Waals surface area contributed by atoms with Gasteiger partial charge >= 0.3 is 0 Å². The Morgan fingerprint density at radius 2 is 0.684 bits per heavy atom. The second-order valence-electron chi connectivity index (χ2n) is 11.5. The van der Waals surface area contributed by atoms with Gasteiger partial charge in [0.2, 0.25) is 0 Å². The SMILES string of the molecule is CCCCCCCN(CCCC)Cc1ccc(-c2ccc(CN(CCCC)CCCCCCC)cc2)cc1. The summed E-state index contributed by atoms with van der Waals surface area (Å²) >= 11 is 0. The molecule has 0 amide bonds. The molecule has 0 fully saturated rings. The molecule has 0 spiro atoms. The maximum atomic E-state index is 2.67. The van der Waals surface area contributed by atoms with Crippen LogP contribution in [0.5, 0.6) is 0 Å². The van der Waals surface area contributed by atoms with E-state index in [9.17, 15) is 0 Å². The Morgan fingerprint density at radius 1 is 0.368 bits per heavy atom. The summed E-state index contributed by atoms with van der Waals surface area (Å²) in [5.74, 6) is 0. The van der Waals surface area contributed by atoms with Crippen LogP contribution in [0.2, 0.25) is 0 Å². The number of unbranched alkanes of at least 4 members (excludes halogenated alkanes) is 10. The summed E-state index contributed by atoms with van der Waals surface area (Å²) in [5, 5.41) is 0. The van der Waals surface area contributed by atoms with Crippen molar-refractivity contribution in [3.8, 4) is 11.1 Å². The Bertz CT molecular complexity index is 726. The molecule has 0 saturated heterocycles. The zero-order valence-corrected chi connectivity index (χ0v) is 25.7. The van der Waals surface area contributed by atoms with E-state index in [1.807, 2.05) is 0 Å². The molecule has 0 atom stereocenters. The molecule has 0 radical (unpaired) electrons. The topological polar surface area (TPSA) is 6.48 Å². The van der Waals surface area contributed by atoms with E-state index < -0.39 is 0 Å². The highest BCUT2D eigenvalue weighted by atomic mass is 15.1. The Kier molecular flexibility index (Phi) is 18.2. The third kappa shape index (κ3) is 13.9. The van der Waals surface area contributed by atoms with Gasteiger partial charge in [0, 0.05) is 13.1 Å². The van der Waals surface area contributed by atoms with E-state index in [1.54, 1.807) is 0 Å². The molecule has 2 rings (SSSR count). The molecule has 0 aromatic heterocycles. The maximum Gasteiger partial charge on any atom is 0.0233 e. The predicted octanol–water partition coefficient (Wildman–Crippen LogP) is 10.5.